The number of hydrogen-bond acceptors (Lipinski definition) is 3. The fourth-order valence-electron chi connectivity index (χ4n) is 5.39. The predicted octanol–water partition coefficient (Wildman–Crippen LogP) is 3.27. The highest BCUT2D eigenvalue weighted by molar-refractivity contribution is 5.84. The number of piperidine rings is 2. The fraction of sp³-hybridized carbons (Fsp3) is 0.682. The van der Waals surface area contributed by atoms with Gasteiger partial charge in [-0.2, -0.15) is 0 Å². The van der Waals surface area contributed by atoms with Crippen LogP contribution in [0.15, 0.2) is 18.2 Å². The molecule has 1 amide bonds. The lowest BCUT2D eigenvalue weighted by molar-refractivity contribution is -0.170. The first-order chi connectivity index (χ1) is 13.4. The molecule has 0 radical (unpaired) electrons. The van der Waals surface area contributed by atoms with E-state index in [1.807, 2.05) is 0 Å². The van der Waals surface area contributed by atoms with Crippen LogP contribution in [0.3, 0.4) is 0 Å². The number of likely N-dealkylation sites (tertiary alicyclic amines) is 2. The van der Waals surface area contributed by atoms with Crippen LogP contribution >= 0.6 is 0 Å². The van der Waals surface area contributed by atoms with Gasteiger partial charge in [-0.1, -0.05) is 18.2 Å². The van der Waals surface area contributed by atoms with Crippen molar-refractivity contribution in [2.24, 2.45) is 5.41 Å². The van der Waals surface area contributed by atoms with Gasteiger partial charge in [-0.05, 0) is 48.8 Å². The van der Waals surface area contributed by atoms with Crippen LogP contribution in [-0.4, -0.2) is 61.5 Å². The van der Waals surface area contributed by atoms with Crippen molar-refractivity contribution in [3.63, 3.8) is 0 Å². The van der Waals surface area contributed by atoms with Crippen molar-refractivity contribution in [1.29, 1.82) is 0 Å². The Morgan fingerprint density at radius 2 is 1.96 bits per heavy atom. The third-order valence-electron chi connectivity index (χ3n) is 6.54. The summed E-state index contributed by atoms with van der Waals surface area (Å²) in [6.45, 7) is 2.19. The summed E-state index contributed by atoms with van der Waals surface area (Å²) >= 11 is 0. The molecule has 2 saturated heterocycles. The number of fused-ring (bicyclic) bond motifs is 1. The van der Waals surface area contributed by atoms with Gasteiger partial charge < -0.3 is 9.64 Å². The predicted molar refractivity (Wildman–Crippen MR) is 103 cm³/mol. The number of hydrogen-bond donors (Lipinski definition) is 0. The molecular formula is C22H30F2N2O2. The van der Waals surface area contributed by atoms with E-state index < -0.39 is 11.3 Å². The third kappa shape index (κ3) is 3.94. The van der Waals surface area contributed by atoms with Gasteiger partial charge in [0.05, 0.1) is 18.6 Å². The smallest absolute Gasteiger partial charge is 0.261 e. The lowest BCUT2D eigenvalue weighted by Gasteiger charge is -2.49. The molecule has 2 fully saturated rings. The highest BCUT2D eigenvalue weighted by Gasteiger charge is 2.54. The maximum absolute atomic E-state index is 14.7. The third-order valence-corrected chi connectivity index (χ3v) is 6.54. The second kappa shape index (κ2) is 7.71. The van der Waals surface area contributed by atoms with Crippen LogP contribution in [-0.2, 0) is 28.9 Å². The summed E-state index contributed by atoms with van der Waals surface area (Å²) in [6, 6.07) is 6.39. The molecular weight excluding hydrogens is 362 g/mol. The average Bonchev–Trinajstić information content (AvgIpc) is 3.09. The number of methoxy groups -OCH3 is 1. The number of carbonyl (C=O) groups excluding carboxylic acids is 1. The first-order valence-corrected chi connectivity index (χ1v) is 10.4. The molecule has 6 heteroatoms. The molecule has 2 heterocycles. The second-order valence-corrected chi connectivity index (χ2v) is 8.80. The zero-order chi connectivity index (χ0) is 19.8. The van der Waals surface area contributed by atoms with Crippen LogP contribution in [0.1, 0.15) is 42.4 Å². The Bertz CT molecular complexity index is 739. The molecule has 0 bridgehead atoms. The number of aryl methyl sites for hydroxylation is 2. The van der Waals surface area contributed by atoms with Crippen molar-refractivity contribution in [2.45, 2.75) is 51.0 Å². The SMILES string of the molecule is COCCN1CCC[C@@]2(CN(Cc3ccc4c(c3)CCC4)CC(F)(F)C2)C1=O. The van der Waals surface area contributed by atoms with E-state index in [-0.39, 0.29) is 18.9 Å². The topological polar surface area (TPSA) is 32.8 Å². The maximum Gasteiger partial charge on any atom is 0.261 e. The zero-order valence-corrected chi connectivity index (χ0v) is 16.7. The molecule has 3 aliphatic rings. The van der Waals surface area contributed by atoms with Gasteiger partial charge in [0.15, 0.2) is 0 Å². The van der Waals surface area contributed by atoms with E-state index in [9.17, 15) is 13.6 Å². The summed E-state index contributed by atoms with van der Waals surface area (Å²) in [5.41, 5.74) is 2.86. The van der Waals surface area contributed by atoms with Gasteiger partial charge in [0, 0.05) is 39.7 Å². The molecule has 2 aliphatic heterocycles. The lowest BCUT2D eigenvalue weighted by Crippen LogP contribution is -2.61. The Kier molecular flexibility index (Phi) is 5.45. The van der Waals surface area contributed by atoms with E-state index in [1.54, 1.807) is 16.9 Å². The van der Waals surface area contributed by atoms with Gasteiger partial charge in [0.2, 0.25) is 5.91 Å². The molecule has 28 heavy (non-hydrogen) atoms. The number of carbonyl (C=O) groups is 1. The zero-order valence-electron chi connectivity index (χ0n) is 16.7. The molecule has 0 unspecified atom stereocenters. The Hall–Kier alpha value is -1.53. The summed E-state index contributed by atoms with van der Waals surface area (Å²) < 4.78 is 34.5. The Balaban J connectivity index is 1.52. The number of benzene rings is 1. The second-order valence-electron chi connectivity index (χ2n) is 8.80. The summed E-state index contributed by atoms with van der Waals surface area (Å²) in [7, 11) is 1.59. The number of rotatable bonds is 5. The molecule has 1 aromatic rings. The fourth-order valence-corrected chi connectivity index (χ4v) is 5.39. The molecule has 1 aromatic carbocycles. The van der Waals surface area contributed by atoms with Crippen molar-refractivity contribution < 1.29 is 18.3 Å². The Morgan fingerprint density at radius 1 is 1.14 bits per heavy atom. The van der Waals surface area contributed by atoms with Gasteiger partial charge in [0.1, 0.15) is 0 Å². The van der Waals surface area contributed by atoms with Gasteiger partial charge in [-0.15, -0.1) is 0 Å². The summed E-state index contributed by atoms with van der Waals surface area (Å²) in [5.74, 6) is -2.95. The van der Waals surface area contributed by atoms with Crippen LogP contribution < -0.4 is 0 Å². The Labute approximate surface area is 165 Å². The summed E-state index contributed by atoms with van der Waals surface area (Å²) in [6.07, 6.45) is 4.37. The minimum absolute atomic E-state index is 0.117. The summed E-state index contributed by atoms with van der Waals surface area (Å²) in [5, 5.41) is 0. The number of alkyl halides is 2. The largest absolute Gasteiger partial charge is 0.383 e. The molecule has 4 nitrogen and oxygen atoms in total. The van der Waals surface area contributed by atoms with Gasteiger partial charge >= 0.3 is 0 Å². The van der Waals surface area contributed by atoms with E-state index in [2.05, 4.69) is 18.2 Å². The van der Waals surface area contributed by atoms with E-state index in [0.717, 1.165) is 24.8 Å². The minimum atomic E-state index is -2.84. The molecule has 1 atom stereocenters. The van der Waals surface area contributed by atoms with Crippen molar-refractivity contribution in [3.05, 3.63) is 34.9 Å². The number of ether oxygens (including phenoxy) is 1. The van der Waals surface area contributed by atoms with Crippen LogP contribution in [0.2, 0.25) is 0 Å². The van der Waals surface area contributed by atoms with Crippen LogP contribution in [0.4, 0.5) is 8.78 Å². The van der Waals surface area contributed by atoms with Crippen molar-refractivity contribution in [2.75, 3.05) is 39.9 Å². The van der Waals surface area contributed by atoms with Crippen molar-refractivity contribution in [1.82, 2.24) is 9.80 Å². The van der Waals surface area contributed by atoms with Gasteiger partial charge in [-0.3, -0.25) is 9.69 Å². The number of amides is 1. The molecule has 0 saturated carbocycles. The molecule has 0 aromatic heterocycles. The lowest BCUT2D eigenvalue weighted by atomic mass is 9.71. The standard InChI is InChI=1S/C22H30F2N2O2/c1-28-11-10-26-9-3-8-21(20(26)27)14-22(23,24)16-25(15-21)13-17-6-7-18-4-2-5-19(18)12-17/h6-7,12H,2-5,8-11,13-16H2,1H3/t21-/m1/s1. The molecule has 4 rings (SSSR count). The van der Waals surface area contributed by atoms with E-state index >= 15 is 0 Å². The number of nitrogens with zero attached hydrogens (tertiary/aromatic N) is 2. The van der Waals surface area contributed by atoms with Gasteiger partial charge in [0.25, 0.3) is 5.92 Å². The normalized spacial score (nSPS) is 27.4. The molecule has 1 spiro atoms. The highest BCUT2D eigenvalue weighted by atomic mass is 19.3. The monoisotopic (exact) mass is 392 g/mol. The quantitative estimate of drug-likeness (QED) is 0.771. The molecule has 154 valence electrons. The van der Waals surface area contributed by atoms with Gasteiger partial charge in [-0.25, -0.2) is 8.78 Å². The molecule has 1 aliphatic carbocycles. The van der Waals surface area contributed by atoms with E-state index in [4.69, 9.17) is 4.74 Å². The Morgan fingerprint density at radius 3 is 2.79 bits per heavy atom. The minimum Gasteiger partial charge on any atom is -0.383 e. The van der Waals surface area contributed by atoms with E-state index in [1.165, 1.54) is 17.5 Å². The summed E-state index contributed by atoms with van der Waals surface area (Å²) in [4.78, 5) is 16.7. The van der Waals surface area contributed by atoms with Crippen molar-refractivity contribution >= 4 is 5.91 Å². The first kappa shape index (κ1) is 19.8. The van der Waals surface area contributed by atoms with Crippen LogP contribution in [0.5, 0.6) is 0 Å². The first-order valence-electron chi connectivity index (χ1n) is 10.4. The van der Waals surface area contributed by atoms with Crippen LogP contribution in [0.25, 0.3) is 0 Å². The van der Waals surface area contributed by atoms with Crippen LogP contribution in [0, 0.1) is 5.41 Å². The average molecular weight is 392 g/mol. The number of halogens is 2. The molecule has 0 N–H and O–H groups in total. The maximum atomic E-state index is 14.7. The highest BCUT2D eigenvalue weighted by Crippen LogP contribution is 2.45. The van der Waals surface area contributed by atoms with Crippen molar-refractivity contribution in [3.8, 4) is 0 Å². The van der Waals surface area contributed by atoms with E-state index in [0.29, 0.717) is 39.2 Å².